The van der Waals surface area contributed by atoms with Gasteiger partial charge >= 0.3 is 0 Å². The number of halogens is 3. The number of hydrogen-bond donors (Lipinski definition) is 0. The summed E-state index contributed by atoms with van der Waals surface area (Å²) in [7, 11) is 0. The van der Waals surface area contributed by atoms with E-state index in [0.29, 0.717) is 4.34 Å². The molecule has 1 heterocycles. The van der Waals surface area contributed by atoms with Crippen LogP contribution in [0, 0.1) is 0 Å². The molecule has 0 unspecified atom stereocenters. The van der Waals surface area contributed by atoms with Crippen LogP contribution < -0.4 is 0 Å². The van der Waals surface area contributed by atoms with Gasteiger partial charge in [0.05, 0.1) is 9.21 Å². The van der Waals surface area contributed by atoms with Gasteiger partial charge in [0.2, 0.25) is 0 Å². The molecular formula is C5H3ClF2S. The highest BCUT2D eigenvalue weighted by molar-refractivity contribution is 7.16. The second kappa shape index (κ2) is 2.62. The van der Waals surface area contributed by atoms with Crippen molar-refractivity contribution in [3.63, 3.8) is 0 Å². The molecular weight excluding hydrogens is 166 g/mol. The van der Waals surface area contributed by atoms with Crippen LogP contribution in [-0.2, 0) is 0 Å². The molecule has 0 saturated carbocycles. The molecule has 0 N–H and O–H groups in total. The molecule has 1 aromatic heterocycles. The lowest BCUT2D eigenvalue weighted by molar-refractivity contribution is 0.155. The van der Waals surface area contributed by atoms with Crippen molar-refractivity contribution in [2.24, 2.45) is 0 Å². The Bertz CT molecular complexity index is 197. The highest BCUT2D eigenvalue weighted by atomic mass is 35.5. The van der Waals surface area contributed by atoms with E-state index in [4.69, 9.17) is 11.6 Å². The van der Waals surface area contributed by atoms with Gasteiger partial charge in [-0.1, -0.05) is 11.6 Å². The quantitative estimate of drug-likeness (QED) is 0.604. The largest absolute Gasteiger partial charge is 0.272 e. The lowest BCUT2D eigenvalue weighted by Gasteiger charge is -1.87. The van der Waals surface area contributed by atoms with Gasteiger partial charge in [-0.25, -0.2) is 8.78 Å². The molecule has 0 aliphatic rings. The van der Waals surface area contributed by atoms with Crippen molar-refractivity contribution in [1.82, 2.24) is 0 Å². The first kappa shape index (κ1) is 6.96. The van der Waals surface area contributed by atoms with Crippen molar-refractivity contribution < 1.29 is 8.78 Å². The van der Waals surface area contributed by atoms with E-state index < -0.39 is 6.43 Å². The van der Waals surface area contributed by atoms with Crippen molar-refractivity contribution in [2.45, 2.75) is 6.43 Å². The monoisotopic (exact) mass is 168 g/mol. The van der Waals surface area contributed by atoms with Crippen molar-refractivity contribution in [2.75, 3.05) is 0 Å². The van der Waals surface area contributed by atoms with Gasteiger partial charge in [0, 0.05) is 0 Å². The molecule has 4 heteroatoms. The summed E-state index contributed by atoms with van der Waals surface area (Å²) in [6, 6.07) is 2.80. The Morgan fingerprint density at radius 3 is 2.33 bits per heavy atom. The van der Waals surface area contributed by atoms with Crippen LogP contribution in [0.3, 0.4) is 0 Å². The van der Waals surface area contributed by atoms with Crippen LogP contribution in [0.1, 0.15) is 11.3 Å². The van der Waals surface area contributed by atoms with Gasteiger partial charge in [0.25, 0.3) is 6.43 Å². The van der Waals surface area contributed by atoms with Crippen LogP contribution in [0.15, 0.2) is 12.1 Å². The first-order valence-electron chi connectivity index (χ1n) is 2.23. The molecule has 1 rings (SSSR count). The fourth-order valence-corrected chi connectivity index (χ4v) is 1.36. The molecule has 0 nitrogen and oxygen atoms in total. The number of hydrogen-bond acceptors (Lipinski definition) is 1. The van der Waals surface area contributed by atoms with E-state index >= 15 is 0 Å². The SMILES string of the molecule is FC(F)c1ccc(Cl)s1. The summed E-state index contributed by atoms with van der Waals surface area (Å²) in [6.45, 7) is 0. The van der Waals surface area contributed by atoms with Crippen LogP contribution >= 0.6 is 22.9 Å². The maximum atomic E-state index is 11.7. The highest BCUT2D eigenvalue weighted by Crippen LogP contribution is 2.29. The Hall–Kier alpha value is -0.150. The Labute approximate surface area is 60.1 Å². The summed E-state index contributed by atoms with van der Waals surface area (Å²) in [5.74, 6) is 0. The number of thiophene rings is 1. The summed E-state index contributed by atoms with van der Waals surface area (Å²) in [5.41, 5.74) is 0. The van der Waals surface area contributed by atoms with E-state index in [0.717, 1.165) is 11.3 Å². The van der Waals surface area contributed by atoms with Crippen LogP contribution in [0.2, 0.25) is 4.34 Å². The Balaban J connectivity index is 2.85. The van der Waals surface area contributed by atoms with Crippen LogP contribution in [0.5, 0.6) is 0 Å². The van der Waals surface area contributed by atoms with Gasteiger partial charge in [0.15, 0.2) is 0 Å². The predicted octanol–water partition coefficient (Wildman–Crippen LogP) is 3.34. The first-order valence-corrected chi connectivity index (χ1v) is 3.43. The molecule has 0 amide bonds. The van der Waals surface area contributed by atoms with E-state index in [9.17, 15) is 8.78 Å². The molecule has 0 aliphatic carbocycles. The zero-order valence-electron chi connectivity index (χ0n) is 4.27. The molecule has 0 aliphatic heterocycles. The van der Waals surface area contributed by atoms with E-state index in [2.05, 4.69) is 0 Å². The maximum absolute atomic E-state index is 11.7. The minimum absolute atomic E-state index is 0.0278. The van der Waals surface area contributed by atoms with Gasteiger partial charge in [-0.05, 0) is 12.1 Å². The highest BCUT2D eigenvalue weighted by Gasteiger charge is 2.08. The first-order chi connectivity index (χ1) is 4.20. The normalized spacial score (nSPS) is 10.7. The van der Waals surface area contributed by atoms with Crippen LogP contribution in [0.4, 0.5) is 8.78 Å². The molecule has 0 fully saturated rings. The van der Waals surface area contributed by atoms with Gasteiger partial charge in [-0.3, -0.25) is 0 Å². The third-order valence-electron chi connectivity index (χ3n) is 0.809. The van der Waals surface area contributed by atoms with Gasteiger partial charge in [-0.2, -0.15) is 0 Å². The summed E-state index contributed by atoms with van der Waals surface area (Å²) >= 11 is 6.30. The average Bonchev–Trinajstić information content (AvgIpc) is 2.14. The molecule has 9 heavy (non-hydrogen) atoms. The lowest BCUT2D eigenvalue weighted by Crippen LogP contribution is -1.71. The minimum atomic E-state index is -2.39. The molecule has 0 aromatic carbocycles. The van der Waals surface area contributed by atoms with Crippen molar-refractivity contribution in [3.05, 3.63) is 21.3 Å². The van der Waals surface area contributed by atoms with Gasteiger partial charge in [0.1, 0.15) is 0 Å². The fourth-order valence-electron chi connectivity index (χ4n) is 0.446. The van der Waals surface area contributed by atoms with Crippen LogP contribution in [-0.4, -0.2) is 0 Å². The van der Waals surface area contributed by atoms with E-state index in [1.807, 2.05) is 0 Å². The van der Waals surface area contributed by atoms with Gasteiger partial charge < -0.3 is 0 Å². The van der Waals surface area contributed by atoms with Crippen LogP contribution in [0.25, 0.3) is 0 Å². The van der Waals surface area contributed by atoms with E-state index in [-0.39, 0.29) is 4.88 Å². The molecule has 1 aromatic rings. The second-order valence-electron chi connectivity index (χ2n) is 1.44. The summed E-state index contributed by atoms with van der Waals surface area (Å²) in [6.07, 6.45) is -2.39. The smallest absolute Gasteiger partial charge is 0.204 e. The lowest BCUT2D eigenvalue weighted by atomic mass is 10.5. The molecule has 0 atom stereocenters. The molecule has 0 spiro atoms. The third-order valence-corrected chi connectivity index (χ3v) is 2.05. The molecule has 0 radical (unpaired) electrons. The Morgan fingerprint density at radius 2 is 2.11 bits per heavy atom. The van der Waals surface area contributed by atoms with E-state index in [1.165, 1.54) is 12.1 Å². The molecule has 0 saturated heterocycles. The molecule has 50 valence electrons. The Kier molecular flexibility index (Phi) is 2.03. The maximum Gasteiger partial charge on any atom is 0.272 e. The minimum Gasteiger partial charge on any atom is -0.204 e. The predicted molar refractivity (Wildman–Crippen MR) is 34.3 cm³/mol. The standard InChI is InChI=1S/C5H3ClF2S/c6-4-2-1-3(9-4)5(7)8/h1-2,5H. The van der Waals surface area contributed by atoms with E-state index in [1.54, 1.807) is 0 Å². The Morgan fingerprint density at radius 1 is 1.44 bits per heavy atom. The number of alkyl halides is 2. The summed E-state index contributed by atoms with van der Waals surface area (Å²) in [5, 5.41) is 0. The second-order valence-corrected chi connectivity index (χ2v) is 3.19. The average molecular weight is 169 g/mol. The number of rotatable bonds is 1. The van der Waals surface area contributed by atoms with Crippen molar-refractivity contribution in [1.29, 1.82) is 0 Å². The molecule has 0 bridgehead atoms. The summed E-state index contributed by atoms with van der Waals surface area (Å²) < 4.78 is 23.9. The van der Waals surface area contributed by atoms with Crippen molar-refractivity contribution in [3.8, 4) is 0 Å². The van der Waals surface area contributed by atoms with Gasteiger partial charge in [-0.15, -0.1) is 11.3 Å². The zero-order chi connectivity index (χ0) is 6.85. The topological polar surface area (TPSA) is 0 Å². The third kappa shape index (κ3) is 1.63. The summed E-state index contributed by atoms with van der Waals surface area (Å²) in [4.78, 5) is 0.0278. The van der Waals surface area contributed by atoms with Crippen molar-refractivity contribution >= 4 is 22.9 Å². The zero-order valence-corrected chi connectivity index (χ0v) is 5.85. The fraction of sp³-hybridized carbons (Fsp3) is 0.200.